The number of amides is 4. The van der Waals surface area contributed by atoms with Crippen LogP contribution in [0.15, 0.2) is 48.0 Å². The number of imide groups is 2. The highest BCUT2D eigenvalue weighted by atomic mass is 16.5. The minimum Gasteiger partial charge on any atom is -0.497 e. The van der Waals surface area contributed by atoms with E-state index in [1.165, 1.54) is 20.3 Å². The molecule has 2 aromatic rings. The molecule has 3 rings (SSSR count). The summed E-state index contributed by atoms with van der Waals surface area (Å²) in [7, 11) is 3.00. The van der Waals surface area contributed by atoms with Crippen molar-refractivity contribution in [1.29, 1.82) is 0 Å². The number of aryl methyl sites for hydroxylation is 1. The van der Waals surface area contributed by atoms with E-state index in [0.29, 0.717) is 22.7 Å². The highest BCUT2D eigenvalue weighted by molar-refractivity contribution is 6.39. The fourth-order valence-electron chi connectivity index (χ4n) is 2.78. The van der Waals surface area contributed by atoms with Crippen LogP contribution >= 0.6 is 0 Å². The SMILES string of the molecule is COc1ccc(C=C2C(=O)NC(=O)N(c3ccccc3C)C2=O)c(OC)c1. The van der Waals surface area contributed by atoms with Gasteiger partial charge in [0.25, 0.3) is 11.8 Å². The van der Waals surface area contributed by atoms with E-state index in [9.17, 15) is 14.4 Å². The minimum absolute atomic E-state index is 0.165. The molecule has 1 aliphatic heterocycles. The molecular formula is C20H18N2O5. The molecule has 0 bridgehead atoms. The third-order valence-electron chi connectivity index (χ3n) is 4.20. The summed E-state index contributed by atoms with van der Waals surface area (Å²) in [5, 5.41) is 2.21. The molecule has 1 heterocycles. The zero-order valence-electron chi connectivity index (χ0n) is 15.1. The van der Waals surface area contributed by atoms with Crippen molar-refractivity contribution in [3.05, 3.63) is 59.2 Å². The van der Waals surface area contributed by atoms with Crippen LogP contribution in [0.4, 0.5) is 10.5 Å². The monoisotopic (exact) mass is 366 g/mol. The van der Waals surface area contributed by atoms with Crippen LogP contribution in [0.25, 0.3) is 6.08 Å². The fourth-order valence-corrected chi connectivity index (χ4v) is 2.78. The number of para-hydroxylation sites is 1. The van der Waals surface area contributed by atoms with Crippen LogP contribution in [-0.4, -0.2) is 32.1 Å². The molecule has 0 aromatic heterocycles. The van der Waals surface area contributed by atoms with E-state index >= 15 is 0 Å². The third kappa shape index (κ3) is 3.39. The van der Waals surface area contributed by atoms with Crippen LogP contribution in [0.1, 0.15) is 11.1 Å². The summed E-state index contributed by atoms with van der Waals surface area (Å²) in [4.78, 5) is 38.5. The molecule has 1 fully saturated rings. The van der Waals surface area contributed by atoms with E-state index < -0.39 is 17.8 Å². The molecule has 138 valence electrons. The molecule has 0 aliphatic carbocycles. The minimum atomic E-state index is -0.779. The maximum atomic E-state index is 12.9. The third-order valence-corrected chi connectivity index (χ3v) is 4.20. The zero-order chi connectivity index (χ0) is 19.6. The number of nitrogens with zero attached hydrogens (tertiary/aromatic N) is 1. The number of anilines is 1. The van der Waals surface area contributed by atoms with Gasteiger partial charge >= 0.3 is 6.03 Å². The fraction of sp³-hybridized carbons (Fsp3) is 0.150. The lowest BCUT2D eigenvalue weighted by Gasteiger charge is -2.27. The molecule has 7 heteroatoms. The Hall–Kier alpha value is -3.61. The lowest BCUT2D eigenvalue weighted by molar-refractivity contribution is -0.122. The quantitative estimate of drug-likeness (QED) is 0.664. The largest absolute Gasteiger partial charge is 0.497 e. The number of rotatable bonds is 4. The van der Waals surface area contributed by atoms with Gasteiger partial charge in [-0.1, -0.05) is 18.2 Å². The summed E-state index contributed by atoms with van der Waals surface area (Å²) in [5.74, 6) is -0.449. The van der Waals surface area contributed by atoms with Crippen LogP contribution < -0.4 is 19.7 Å². The van der Waals surface area contributed by atoms with E-state index in [1.54, 1.807) is 49.4 Å². The number of methoxy groups -OCH3 is 2. The molecule has 4 amide bonds. The first kappa shape index (κ1) is 18.2. The van der Waals surface area contributed by atoms with E-state index in [0.717, 1.165) is 10.5 Å². The molecule has 2 aromatic carbocycles. The second-order valence-electron chi connectivity index (χ2n) is 5.85. The van der Waals surface area contributed by atoms with Gasteiger partial charge in [-0.15, -0.1) is 0 Å². The van der Waals surface area contributed by atoms with Crippen LogP contribution in [0.3, 0.4) is 0 Å². The van der Waals surface area contributed by atoms with Crippen LogP contribution in [-0.2, 0) is 9.59 Å². The predicted molar refractivity (Wildman–Crippen MR) is 99.7 cm³/mol. The summed E-state index contributed by atoms with van der Waals surface area (Å²) in [6.45, 7) is 1.78. The number of urea groups is 1. The van der Waals surface area contributed by atoms with Gasteiger partial charge in [0.1, 0.15) is 17.1 Å². The number of benzene rings is 2. The molecule has 1 saturated heterocycles. The Morgan fingerprint density at radius 2 is 1.74 bits per heavy atom. The van der Waals surface area contributed by atoms with Crippen molar-refractivity contribution < 1.29 is 23.9 Å². The van der Waals surface area contributed by atoms with Crippen LogP contribution in [0, 0.1) is 6.92 Å². The summed E-state index contributed by atoms with van der Waals surface area (Å²) < 4.78 is 10.4. The van der Waals surface area contributed by atoms with Gasteiger partial charge in [-0.05, 0) is 36.8 Å². The Morgan fingerprint density at radius 3 is 2.41 bits per heavy atom. The standard InChI is InChI=1S/C20H18N2O5/c1-12-6-4-5-7-16(12)22-19(24)15(18(23)21-20(22)25)10-13-8-9-14(26-2)11-17(13)27-3/h4-11H,1-3H3,(H,21,23,25). The molecular weight excluding hydrogens is 348 g/mol. The van der Waals surface area contributed by atoms with Crippen molar-refractivity contribution in [2.24, 2.45) is 0 Å². The second-order valence-corrected chi connectivity index (χ2v) is 5.85. The van der Waals surface area contributed by atoms with E-state index in [-0.39, 0.29) is 5.57 Å². The number of ether oxygens (including phenoxy) is 2. The van der Waals surface area contributed by atoms with E-state index in [4.69, 9.17) is 9.47 Å². The van der Waals surface area contributed by atoms with Gasteiger partial charge in [0.2, 0.25) is 0 Å². The summed E-state index contributed by atoms with van der Waals surface area (Å²) in [6.07, 6.45) is 1.40. The maximum Gasteiger partial charge on any atom is 0.335 e. The number of barbiturate groups is 1. The Morgan fingerprint density at radius 1 is 1.00 bits per heavy atom. The van der Waals surface area contributed by atoms with Crippen molar-refractivity contribution in [3.8, 4) is 11.5 Å². The van der Waals surface area contributed by atoms with Crippen molar-refractivity contribution in [2.75, 3.05) is 19.1 Å². The molecule has 0 spiro atoms. The predicted octanol–water partition coefficient (Wildman–Crippen LogP) is 2.68. The van der Waals surface area contributed by atoms with Gasteiger partial charge < -0.3 is 9.47 Å². The van der Waals surface area contributed by atoms with Crippen molar-refractivity contribution in [3.63, 3.8) is 0 Å². The Kier molecular flexibility index (Phi) is 4.94. The molecule has 7 nitrogen and oxygen atoms in total. The number of hydrogen-bond acceptors (Lipinski definition) is 5. The second kappa shape index (κ2) is 7.33. The van der Waals surface area contributed by atoms with Crippen LogP contribution in [0.5, 0.6) is 11.5 Å². The van der Waals surface area contributed by atoms with Gasteiger partial charge in [-0.3, -0.25) is 14.9 Å². The Labute approximate surface area is 156 Å². The first-order chi connectivity index (χ1) is 13.0. The molecule has 0 radical (unpaired) electrons. The molecule has 0 saturated carbocycles. The Balaban J connectivity index is 2.06. The molecule has 0 unspecified atom stereocenters. The number of carbonyl (C=O) groups is 3. The highest BCUT2D eigenvalue weighted by Gasteiger charge is 2.37. The molecule has 27 heavy (non-hydrogen) atoms. The van der Waals surface area contributed by atoms with Crippen molar-refractivity contribution in [2.45, 2.75) is 6.92 Å². The van der Waals surface area contributed by atoms with Crippen molar-refractivity contribution in [1.82, 2.24) is 5.32 Å². The highest BCUT2D eigenvalue weighted by Crippen LogP contribution is 2.29. The van der Waals surface area contributed by atoms with Gasteiger partial charge in [-0.25, -0.2) is 9.69 Å². The average molecular weight is 366 g/mol. The van der Waals surface area contributed by atoms with Crippen LogP contribution in [0.2, 0.25) is 0 Å². The summed E-state index contributed by atoms with van der Waals surface area (Å²) >= 11 is 0. The lowest BCUT2D eigenvalue weighted by Crippen LogP contribution is -2.54. The molecule has 1 aliphatic rings. The summed E-state index contributed by atoms with van der Waals surface area (Å²) in [5.41, 5.74) is 1.49. The van der Waals surface area contributed by atoms with Gasteiger partial charge in [-0.2, -0.15) is 0 Å². The summed E-state index contributed by atoms with van der Waals surface area (Å²) in [6, 6.07) is 11.2. The molecule has 0 atom stereocenters. The average Bonchev–Trinajstić information content (AvgIpc) is 2.66. The normalized spacial score (nSPS) is 15.7. The number of hydrogen-bond donors (Lipinski definition) is 1. The molecule has 1 N–H and O–H groups in total. The first-order valence-electron chi connectivity index (χ1n) is 8.15. The smallest absolute Gasteiger partial charge is 0.335 e. The van der Waals surface area contributed by atoms with Crippen molar-refractivity contribution >= 4 is 29.6 Å². The van der Waals surface area contributed by atoms with Gasteiger partial charge in [0, 0.05) is 11.6 Å². The maximum absolute atomic E-state index is 12.9. The lowest BCUT2D eigenvalue weighted by atomic mass is 10.0. The Bertz CT molecular complexity index is 965. The first-order valence-corrected chi connectivity index (χ1v) is 8.15. The van der Waals surface area contributed by atoms with Gasteiger partial charge in [0.15, 0.2) is 0 Å². The zero-order valence-corrected chi connectivity index (χ0v) is 15.1. The van der Waals surface area contributed by atoms with E-state index in [1.807, 2.05) is 0 Å². The number of nitrogens with one attached hydrogen (secondary N) is 1. The van der Waals surface area contributed by atoms with Gasteiger partial charge in [0.05, 0.1) is 19.9 Å². The number of carbonyl (C=O) groups excluding carboxylic acids is 3. The van der Waals surface area contributed by atoms with E-state index in [2.05, 4.69) is 5.32 Å². The topological polar surface area (TPSA) is 84.9 Å².